The SMILES string of the molecule is COC1=C(F)C=C(c2ccc(C)c(F)c2F)CC1. The van der Waals surface area contributed by atoms with E-state index < -0.39 is 17.5 Å². The quantitative estimate of drug-likeness (QED) is 0.765. The van der Waals surface area contributed by atoms with Gasteiger partial charge in [0.2, 0.25) is 0 Å². The number of ether oxygens (including phenoxy) is 1. The van der Waals surface area contributed by atoms with Gasteiger partial charge >= 0.3 is 0 Å². The Hall–Kier alpha value is -1.71. The first-order chi connectivity index (χ1) is 8.54. The second-order valence-electron chi connectivity index (χ2n) is 4.20. The third-order valence-corrected chi connectivity index (χ3v) is 3.06. The lowest BCUT2D eigenvalue weighted by molar-refractivity contribution is 0.262. The molecule has 1 nitrogen and oxygen atoms in total. The molecule has 0 radical (unpaired) electrons. The molecule has 2 rings (SSSR count). The van der Waals surface area contributed by atoms with E-state index in [1.165, 1.54) is 32.2 Å². The molecule has 0 bridgehead atoms. The first-order valence-electron chi connectivity index (χ1n) is 5.62. The van der Waals surface area contributed by atoms with Gasteiger partial charge in [-0.1, -0.05) is 12.1 Å². The van der Waals surface area contributed by atoms with E-state index >= 15 is 0 Å². The number of methoxy groups -OCH3 is 1. The smallest absolute Gasteiger partial charge is 0.166 e. The van der Waals surface area contributed by atoms with Crippen LogP contribution < -0.4 is 0 Å². The van der Waals surface area contributed by atoms with Crippen LogP contribution in [0.25, 0.3) is 5.57 Å². The Morgan fingerprint density at radius 3 is 2.39 bits per heavy atom. The number of allylic oxidation sites excluding steroid dienone is 4. The average molecular weight is 254 g/mol. The van der Waals surface area contributed by atoms with Gasteiger partial charge in [0.05, 0.1) is 7.11 Å². The Morgan fingerprint density at radius 1 is 1.06 bits per heavy atom. The molecule has 0 saturated carbocycles. The zero-order valence-corrected chi connectivity index (χ0v) is 10.2. The largest absolute Gasteiger partial charge is 0.498 e. The molecule has 1 aliphatic rings. The standard InChI is InChI=1S/C14H13F3O/c1-8-3-5-10(14(17)13(8)16)9-4-6-12(18-2)11(15)7-9/h3,5,7H,4,6H2,1-2H3. The highest BCUT2D eigenvalue weighted by Gasteiger charge is 2.19. The lowest BCUT2D eigenvalue weighted by Gasteiger charge is -2.16. The highest BCUT2D eigenvalue weighted by atomic mass is 19.2. The van der Waals surface area contributed by atoms with E-state index in [9.17, 15) is 13.2 Å². The van der Waals surface area contributed by atoms with Crippen LogP contribution in [0.15, 0.2) is 29.8 Å². The van der Waals surface area contributed by atoms with Crippen molar-refractivity contribution in [1.82, 2.24) is 0 Å². The Labute approximate surface area is 104 Å². The summed E-state index contributed by atoms with van der Waals surface area (Å²) in [6.07, 6.45) is 1.98. The fraction of sp³-hybridized carbons (Fsp3) is 0.286. The summed E-state index contributed by atoms with van der Waals surface area (Å²) in [5.41, 5.74) is 0.800. The maximum atomic E-state index is 13.8. The van der Waals surface area contributed by atoms with E-state index in [2.05, 4.69) is 0 Å². The van der Waals surface area contributed by atoms with Gasteiger partial charge in [-0.3, -0.25) is 0 Å². The van der Waals surface area contributed by atoms with Crippen molar-refractivity contribution in [3.05, 3.63) is 52.6 Å². The molecule has 0 aliphatic heterocycles. The predicted octanol–water partition coefficient (Wildman–Crippen LogP) is 4.28. The van der Waals surface area contributed by atoms with Gasteiger partial charge in [0.15, 0.2) is 17.5 Å². The minimum atomic E-state index is -0.921. The first kappa shape index (κ1) is 12.7. The molecule has 1 aromatic rings. The van der Waals surface area contributed by atoms with Gasteiger partial charge in [-0.05, 0) is 30.6 Å². The van der Waals surface area contributed by atoms with Crippen molar-refractivity contribution in [2.75, 3.05) is 7.11 Å². The molecule has 0 heterocycles. The van der Waals surface area contributed by atoms with Crippen molar-refractivity contribution in [3.63, 3.8) is 0 Å². The van der Waals surface area contributed by atoms with Crippen molar-refractivity contribution in [2.24, 2.45) is 0 Å². The molecule has 0 spiro atoms. The van der Waals surface area contributed by atoms with Crippen LogP contribution in [0, 0.1) is 18.6 Å². The van der Waals surface area contributed by atoms with Crippen LogP contribution in [0.2, 0.25) is 0 Å². The molecule has 0 aromatic heterocycles. The van der Waals surface area contributed by atoms with Crippen molar-refractivity contribution < 1.29 is 17.9 Å². The summed E-state index contributed by atoms with van der Waals surface area (Å²) in [6, 6.07) is 2.96. The average Bonchev–Trinajstić information content (AvgIpc) is 2.36. The lowest BCUT2D eigenvalue weighted by atomic mass is 9.94. The summed E-state index contributed by atoms with van der Waals surface area (Å²) in [7, 11) is 1.39. The van der Waals surface area contributed by atoms with E-state index in [0.29, 0.717) is 18.4 Å². The van der Waals surface area contributed by atoms with E-state index in [4.69, 9.17) is 4.74 Å². The van der Waals surface area contributed by atoms with E-state index in [-0.39, 0.29) is 16.9 Å². The van der Waals surface area contributed by atoms with Gasteiger partial charge in [-0.25, -0.2) is 13.2 Å². The molecule has 1 aliphatic carbocycles. The summed E-state index contributed by atoms with van der Waals surface area (Å²) in [6.45, 7) is 1.49. The number of rotatable bonds is 2. The third kappa shape index (κ3) is 2.15. The summed E-state index contributed by atoms with van der Waals surface area (Å²) >= 11 is 0. The summed E-state index contributed by atoms with van der Waals surface area (Å²) in [5.74, 6) is -2.09. The minimum Gasteiger partial charge on any atom is -0.498 e. The van der Waals surface area contributed by atoms with Crippen LogP contribution in [-0.4, -0.2) is 7.11 Å². The van der Waals surface area contributed by atoms with Crippen LogP contribution in [0.1, 0.15) is 24.0 Å². The van der Waals surface area contributed by atoms with Crippen LogP contribution >= 0.6 is 0 Å². The van der Waals surface area contributed by atoms with Crippen LogP contribution in [0.4, 0.5) is 13.2 Å². The molecule has 0 atom stereocenters. The van der Waals surface area contributed by atoms with E-state index in [0.717, 1.165) is 0 Å². The topological polar surface area (TPSA) is 9.23 Å². The molecule has 4 heteroatoms. The number of hydrogen-bond acceptors (Lipinski definition) is 1. The van der Waals surface area contributed by atoms with Gasteiger partial charge in [-0.15, -0.1) is 0 Å². The van der Waals surface area contributed by atoms with Crippen molar-refractivity contribution in [1.29, 1.82) is 0 Å². The van der Waals surface area contributed by atoms with Crippen molar-refractivity contribution in [3.8, 4) is 0 Å². The first-order valence-corrected chi connectivity index (χ1v) is 5.62. The highest BCUT2D eigenvalue weighted by Crippen LogP contribution is 2.33. The molecule has 0 saturated heterocycles. The van der Waals surface area contributed by atoms with Crippen LogP contribution in [0.3, 0.4) is 0 Å². The number of halogens is 3. The van der Waals surface area contributed by atoms with Crippen molar-refractivity contribution in [2.45, 2.75) is 19.8 Å². The van der Waals surface area contributed by atoms with Crippen molar-refractivity contribution >= 4 is 5.57 Å². The summed E-state index contributed by atoms with van der Waals surface area (Å²) in [5, 5.41) is 0. The molecule has 0 amide bonds. The molecule has 18 heavy (non-hydrogen) atoms. The Balaban J connectivity index is 2.46. The second-order valence-corrected chi connectivity index (χ2v) is 4.20. The monoisotopic (exact) mass is 254 g/mol. The third-order valence-electron chi connectivity index (χ3n) is 3.06. The van der Waals surface area contributed by atoms with Gasteiger partial charge in [0.1, 0.15) is 5.76 Å². The Bertz CT molecular complexity index is 544. The van der Waals surface area contributed by atoms with Gasteiger partial charge in [0, 0.05) is 12.0 Å². The molecular weight excluding hydrogens is 241 g/mol. The van der Waals surface area contributed by atoms with E-state index in [1.807, 2.05) is 0 Å². The number of aryl methyl sites for hydroxylation is 1. The van der Waals surface area contributed by atoms with Gasteiger partial charge in [-0.2, -0.15) is 0 Å². The number of benzene rings is 1. The lowest BCUT2D eigenvalue weighted by Crippen LogP contribution is -2.02. The zero-order valence-electron chi connectivity index (χ0n) is 10.2. The molecule has 0 fully saturated rings. The maximum Gasteiger partial charge on any atom is 0.166 e. The Morgan fingerprint density at radius 2 is 1.78 bits per heavy atom. The van der Waals surface area contributed by atoms with Crippen LogP contribution in [-0.2, 0) is 4.74 Å². The summed E-state index contributed by atoms with van der Waals surface area (Å²) in [4.78, 5) is 0. The second kappa shape index (κ2) is 4.88. The fourth-order valence-electron chi connectivity index (χ4n) is 1.98. The maximum absolute atomic E-state index is 13.8. The molecule has 96 valence electrons. The molecule has 1 aromatic carbocycles. The normalized spacial score (nSPS) is 15.7. The minimum absolute atomic E-state index is 0.114. The number of hydrogen-bond donors (Lipinski definition) is 0. The highest BCUT2D eigenvalue weighted by molar-refractivity contribution is 5.70. The van der Waals surface area contributed by atoms with Gasteiger partial charge < -0.3 is 4.74 Å². The van der Waals surface area contributed by atoms with Gasteiger partial charge in [0.25, 0.3) is 0 Å². The fourth-order valence-corrected chi connectivity index (χ4v) is 1.98. The van der Waals surface area contributed by atoms with E-state index in [1.54, 1.807) is 0 Å². The zero-order chi connectivity index (χ0) is 13.3. The summed E-state index contributed by atoms with van der Waals surface area (Å²) < 4.78 is 45.6. The Kier molecular flexibility index (Phi) is 3.45. The molecule has 0 unspecified atom stereocenters. The molecule has 0 N–H and O–H groups in total. The molecular formula is C14H13F3O. The van der Waals surface area contributed by atoms with Crippen LogP contribution in [0.5, 0.6) is 0 Å². The predicted molar refractivity (Wildman–Crippen MR) is 63.4 cm³/mol.